The fraction of sp³-hybridized carbons (Fsp3) is 0.375. The van der Waals surface area contributed by atoms with E-state index < -0.39 is 27.8 Å². The molecule has 1 aliphatic heterocycles. The van der Waals surface area contributed by atoms with Crippen molar-refractivity contribution in [3.8, 4) is 0 Å². The van der Waals surface area contributed by atoms with Gasteiger partial charge in [-0.2, -0.15) is 4.31 Å². The van der Waals surface area contributed by atoms with Crippen LogP contribution in [-0.2, 0) is 19.6 Å². The van der Waals surface area contributed by atoms with Gasteiger partial charge in [-0.3, -0.25) is 14.4 Å². The molecule has 10 heteroatoms. The topological polar surface area (TPSA) is 122 Å². The van der Waals surface area contributed by atoms with Crippen LogP contribution >= 0.6 is 0 Å². The number of carbonyl (C=O) groups is 3. The van der Waals surface area contributed by atoms with Crippen LogP contribution in [0.4, 0.5) is 5.69 Å². The van der Waals surface area contributed by atoms with E-state index in [9.17, 15) is 22.8 Å². The fourth-order valence-electron chi connectivity index (χ4n) is 3.96. The summed E-state index contributed by atoms with van der Waals surface area (Å²) in [6, 6.07) is 12.0. The van der Waals surface area contributed by atoms with Gasteiger partial charge in [-0.05, 0) is 66.8 Å². The molecule has 0 bridgehead atoms. The minimum Gasteiger partial charge on any atom is -0.468 e. The van der Waals surface area contributed by atoms with E-state index in [0.29, 0.717) is 41.7 Å². The summed E-state index contributed by atoms with van der Waals surface area (Å²) in [6.45, 7) is 4.84. The lowest BCUT2D eigenvalue weighted by Crippen LogP contribution is -2.42. The summed E-state index contributed by atoms with van der Waals surface area (Å²) in [5, 5.41) is 5.14. The summed E-state index contributed by atoms with van der Waals surface area (Å²) in [7, 11) is -2.39. The number of amides is 2. The van der Waals surface area contributed by atoms with Gasteiger partial charge in [0.25, 0.3) is 11.8 Å². The number of carbonyl (C=O) groups excluding carboxylic acids is 3. The molecule has 1 heterocycles. The molecule has 0 spiro atoms. The molecule has 1 fully saturated rings. The molecule has 0 radical (unpaired) electrons. The number of rotatable bonds is 7. The second-order valence-corrected chi connectivity index (χ2v) is 10.5. The van der Waals surface area contributed by atoms with Gasteiger partial charge in [0.2, 0.25) is 10.0 Å². The highest BCUT2D eigenvalue weighted by atomic mass is 32.2. The van der Waals surface area contributed by atoms with Crippen molar-refractivity contribution in [3.63, 3.8) is 0 Å². The third kappa shape index (κ3) is 6.21. The molecule has 0 aliphatic carbocycles. The molecule has 2 atom stereocenters. The highest BCUT2D eigenvalue weighted by Crippen LogP contribution is 2.27. The molecular formula is C24H29N3O6S. The number of esters is 1. The molecule has 9 nitrogen and oxygen atoms in total. The van der Waals surface area contributed by atoms with Gasteiger partial charge in [0.1, 0.15) is 6.54 Å². The van der Waals surface area contributed by atoms with Gasteiger partial charge in [-0.1, -0.05) is 13.8 Å². The number of benzene rings is 2. The maximum Gasteiger partial charge on any atom is 0.325 e. The number of methoxy groups -OCH3 is 1. The molecule has 2 aromatic carbocycles. The average Bonchev–Trinajstić information content (AvgIpc) is 2.82. The molecule has 0 aromatic heterocycles. The van der Waals surface area contributed by atoms with Crippen LogP contribution in [-0.4, -0.2) is 57.3 Å². The average molecular weight is 488 g/mol. The van der Waals surface area contributed by atoms with Gasteiger partial charge in [-0.15, -0.1) is 0 Å². The van der Waals surface area contributed by atoms with Crippen molar-refractivity contribution in [3.05, 3.63) is 59.7 Å². The first kappa shape index (κ1) is 25.4. The van der Waals surface area contributed by atoms with Gasteiger partial charge in [0.05, 0.1) is 12.0 Å². The highest BCUT2D eigenvalue weighted by Gasteiger charge is 2.31. The summed E-state index contributed by atoms with van der Waals surface area (Å²) < 4.78 is 32.0. The zero-order chi connectivity index (χ0) is 24.9. The highest BCUT2D eigenvalue weighted by molar-refractivity contribution is 7.89. The lowest BCUT2D eigenvalue weighted by molar-refractivity contribution is -0.139. The Bertz CT molecular complexity index is 1140. The van der Waals surface area contributed by atoms with Gasteiger partial charge in [0, 0.05) is 29.9 Å². The van der Waals surface area contributed by atoms with E-state index in [4.69, 9.17) is 0 Å². The Morgan fingerprint density at radius 3 is 2.00 bits per heavy atom. The van der Waals surface area contributed by atoms with Crippen LogP contribution in [0.15, 0.2) is 53.4 Å². The van der Waals surface area contributed by atoms with Crippen molar-refractivity contribution in [1.29, 1.82) is 0 Å². The number of hydrogen-bond acceptors (Lipinski definition) is 6. The van der Waals surface area contributed by atoms with Crippen LogP contribution in [0.3, 0.4) is 0 Å². The van der Waals surface area contributed by atoms with Crippen molar-refractivity contribution in [2.45, 2.75) is 25.2 Å². The zero-order valence-electron chi connectivity index (χ0n) is 19.4. The Morgan fingerprint density at radius 1 is 0.912 bits per heavy atom. The number of ether oxygens (including phenoxy) is 1. The van der Waals surface area contributed by atoms with Gasteiger partial charge < -0.3 is 15.4 Å². The van der Waals surface area contributed by atoms with Crippen LogP contribution in [0.1, 0.15) is 41.0 Å². The lowest BCUT2D eigenvalue weighted by Gasteiger charge is -2.34. The Kier molecular flexibility index (Phi) is 8.06. The predicted octanol–water partition coefficient (Wildman–Crippen LogP) is 2.51. The van der Waals surface area contributed by atoms with E-state index in [2.05, 4.69) is 15.4 Å². The summed E-state index contributed by atoms with van der Waals surface area (Å²) in [4.78, 5) is 35.9. The lowest BCUT2D eigenvalue weighted by atomic mass is 9.94. The van der Waals surface area contributed by atoms with Crippen molar-refractivity contribution >= 4 is 33.5 Å². The first-order chi connectivity index (χ1) is 16.1. The second-order valence-electron chi connectivity index (χ2n) is 8.58. The number of sulfonamides is 1. The van der Waals surface area contributed by atoms with E-state index >= 15 is 0 Å². The largest absolute Gasteiger partial charge is 0.468 e. The van der Waals surface area contributed by atoms with Crippen molar-refractivity contribution in [2.24, 2.45) is 11.8 Å². The third-order valence-electron chi connectivity index (χ3n) is 5.62. The Balaban J connectivity index is 1.62. The third-order valence-corrected chi connectivity index (χ3v) is 7.46. The van der Waals surface area contributed by atoms with Crippen LogP contribution in [0.5, 0.6) is 0 Å². The number of hydrogen-bond donors (Lipinski definition) is 2. The molecule has 34 heavy (non-hydrogen) atoms. The minimum atomic E-state index is -3.62. The normalized spacial score (nSPS) is 18.7. The standard InChI is InChI=1S/C24H29N3O6S/c1-16-12-17(2)15-27(14-16)34(31,32)21-10-6-19(7-11-21)24(30)26-20-8-4-18(5-9-20)23(29)25-13-22(28)33-3/h4-11,16-17H,12-15H2,1-3H3,(H,25,29)(H,26,30)/t16-,17-/m0/s1. The molecule has 182 valence electrons. The Labute approximate surface area is 199 Å². The van der Waals surface area contributed by atoms with E-state index in [0.717, 1.165) is 6.42 Å². The first-order valence-corrected chi connectivity index (χ1v) is 12.4. The predicted molar refractivity (Wildman–Crippen MR) is 127 cm³/mol. The van der Waals surface area contributed by atoms with Crippen molar-refractivity contribution in [1.82, 2.24) is 9.62 Å². The van der Waals surface area contributed by atoms with E-state index in [1.54, 1.807) is 12.1 Å². The summed E-state index contributed by atoms with van der Waals surface area (Å²) >= 11 is 0. The molecule has 0 saturated carbocycles. The monoisotopic (exact) mass is 487 g/mol. The molecule has 1 saturated heterocycles. The van der Waals surface area contributed by atoms with Crippen molar-refractivity contribution in [2.75, 3.05) is 32.1 Å². The summed E-state index contributed by atoms with van der Waals surface area (Å²) in [5.74, 6) is -0.816. The van der Waals surface area contributed by atoms with Gasteiger partial charge in [-0.25, -0.2) is 8.42 Å². The molecule has 1 aliphatic rings. The molecule has 3 rings (SSSR count). The van der Waals surface area contributed by atoms with E-state index in [1.165, 1.54) is 47.8 Å². The Morgan fingerprint density at radius 2 is 1.44 bits per heavy atom. The van der Waals surface area contributed by atoms with Gasteiger partial charge in [0.15, 0.2) is 0 Å². The maximum atomic E-state index is 13.0. The van der Waals surface area contributed by atoms with Crippen LogP contribution in [0.25, 0.3) is 0 Å². The first-order valence-electron chi connectivity index (χ1n) is 11.0. The van der Waals surface area contributed by atoms with Crippen molar-refractivity contribution < 1.29 is 27.5 Å². The number of nitrogens with zero attached hydrogens (tertiary/aromatic N) is 1. The number of nitrogens with one attached hydrogen (secondary N) is 2. The Hall–Kier alpha value is -3.24. The van der Waals surface area contributed by atoms with Gasteiger partial charge >= 0.3 is 5.97 Å². The maximum absolute atomic E-state index is 13.0. The fourth-order valence-corrected chi connectivity index (χ4v) is 5.64. The summed E-state index contributed by atoms with van der Waals surface area (Å²) in [6.07, 6.45) is 1.00. The quantitative estimate of drug-likeness (QED) is 0.579. The number of piperidine rings is 1. The van der Waals surface area contributed by atoms with E-state index in [1.807, 2.05) is 13.8 Å². The molecule has 2 amide bonds. The van der Waals surface area contributed by atoms with Crippen LogP contribution < -0.4 is 10.6 Å². The smallest absolute Gasteiger partial charge is 0.325 e. The minimum absolute atomic E-state index is 0.160. The molecular weight excluding hydrogens is 458 g/mol. The summed E-state index contributed by atoms with van der Waals surface area (Å²) in [5.41, 5.74) is 1.08. The van der Waals surface area contributed by atoms with Crippen LogP contribution in [0.2, 0.25) is 0 Å². The SMILES string of the molecule is COC(=O)CNC(=O)c1ccc(NC(=O)c2ccc(S(=O)(=O)N3C[C@@H](C)C[C@H](C)C3)cc2)cc1. The molecule has 2 aromatic rings. The number of anilines is 1. The molecule has 0 unspecified atom stereocenters. The second kappa shape index (κ2) is 10.8. The van der Waals surface area contributed by atoms with E-state index in [-0.39, 0.29) is 11.4 Å². The van der Waals surface area contributed by atoms with Crippen LogP contribution in [0, 0.1) is 11.8 Å². The molecule has 2 N–H and O–H groups in total. The zero-order valence-corrected chi connectivity index (χ0v) is 20.2.